The molecule has 1 aromatic rings. The minimum absolute atomic E-state index is 0.212. The van der Waals surface area contributed by atoms with E-state index in [2.05, 4.69) is 26.0 Å². The summed E-state index contributed by atoms with van der Waals surface area (Å²) in [4.78, 5) is 13.7. The monoisotopic (exact) mass is 203 g/mol. The van der Waals surface area contributed by atoms with Crippen molar-refractivity contribution >= 4 is 5.91 Å². The van der Waals surface area contributed by atoms with Crippen molar-refractivity contribution in [2.75, 3.05) is 6.54 Å². The molecule has 2 atom stereocenters. The molecule has 1 aromatic carbocycles. The minimum Gasteiger partial charge on any atom is -0.336 e. The number of hydrogen-bond acceptors (Lipinski definition) is 1. The van der Waals surface area contributed by atoms with Crippen molar-refractivity contribution < 1.29 is 4.79 Å². The van der Waals surface area contributed by atoms with Crippen LogP contribution in [0, 0.1) is 5.92 Å². The second kappa shape index (κ2) is 4.05. The Hall–Kier alpha value is -1.31. The van der Waals surface area contributed by atoms with E-state index < -0.39 is 0 Å². The molecule has 2 rings (SSSR count). The van der Waals surface area contributed by atoms with Crippen LogP contribution in [0.2, 0.25) is 0 Å². The lowest BCUT2D eigenvalue weighted by atomic mass is 10.1. The van der Waals surface area contributed by atoms with E-state index in [1.807, 2.05) is 23.1 Å². The standard InChI is InChI=1S/C13H17NO/c1-10-8-13(15)14(9-10)11(2)12-6-4-3-5-7-12/h3-7,10-11H,8-9H2,1-2H3/t10-,11+/m0/s1. The predicted molar refractivity (Wildman–Crippen MR) is 60.4 cm³/mol. The molecule has 0 radical (unpaired) electrons. The first-order chi connectivity index (χ1) is 7.18. The van der Waals surface area contributed by atoms with Crippen LogP contribution >= 0.6 is 0 Å². The molecule has 1 amide bonds. The van der Waals surface area contributed by atoms with Crippen molar-refractivity contribution in [1.82, 2.24) is 4.90 Å². The summed E-state index contributed by atoms with van der Waals surface area (Å²) < 4.78 is 0. The SMILES string of the molecule is C[C@H]1CC(=O)N([C@H](C)c2ccccc2)C1. The van der Waals surface area contributed by atoms with Gasteiger partial charge in [-0.25, -0.2) is 0 Å². The number of benzene rings is 1. The van der Waals surface area contributed by atoms with Crippen LogP contribution in [0.15, 0.2) is 30.3 Å². The Morgan fingerprint density at radius 1 is 1.33 bits per heavy atom. The van der Waals surface area contributed by atoms with E-state index in [1.165, 1.54) is 5.56 Å². The number of rotatable bonds is 2. The summed E-state index contributed by atoms with van der Waals surface area (Å²) in [6.07, 6.45) is 0.706. The molecule has 1 aliphatic rings. The summed E-state index contributed by atoms with van der Waals surface area (Å²) in [7, 11) is 0. The highest BCUT2D eigenvalue weighted by atomic mass is 16.2. The summed E-state index contributed by atoms with van der Waals surface area (Å²) in [5.41, 5.74) is 1.22. The summed E-state index contributed by atoms with van der Waals surface area (Å²) >= 11 is 0. The topological polar surface area (TPSA) is 20.3 Å². The highest BCUT2D eigenvalue weighted by Crippen LogP contribution is 2.27. The molecule has 0 saturated carbocycles. The third kappa shape index (κ3) is 2.04. The van der Waals surface area contributed by atoms with Gasteiger partial charge in [-0.15, -0.1) is 0 Å². The fourth-order valence-corrected chi connectivity index (χ4v) is 2.20. The zero-order valence-corrected chi connectivity index (χ0v) is 9.31. The highest BCUT2D eigenvalue weighted by molar-refractivity contribution is 5.79. The second-order valence-corrected chi connectivity index (χ2v) is 4.44. The maximum Gasteiger partial charge on any atom is 0.223 e. The van der Waals surface area contributed by atoms with Gasteiger partial charge in [0.25, 0.3) is 0 Å². The van der Waals surface area contributed by atoms with Gasteiger partial charge in [0.2, 0.25) is 5.91 Å². The maximum absolute atomic E-state index is 11.7. The number of amides is 1. The second-order valence-electron chi connectivity index (χ2n) is 4.44. The van der Waals surface area contributed by atoms with E-state index in [0.29, 0.717) is 18.2 Å². The van der Waals surface area contributed by atoms with Crippen molar-refractivity contribution in [2.24, 2.45) is 5.92 Å². The Morgan fingerprint density at radius 2 is 2.00 bits per heavy atom. The average molecular weight is 203 g/mol. The Balaban J connectivity index is 2.15. The Morgan fingerprint density at radius 3 is 2.53 bits per heavy atom. The van der Waals surface area contributed by atoms with Crippen molar-refractivity contribution in [3.63, 3.8) is 0 Å². The quantitative estimate of drug-likeness (QED) is 0.723. The molecular formula is C13H17NO. The number of carbonyl (C=O) groups excluding carboxylic acids is 1. The molecule has 80 valence electrons. The van der Waals surface area contributed by atoms with Gasteiger partial charge in [-0.2, -0.15) is 0 Å². The lowest BCUT2D eigenvalue weighted by Crippen LogP contribution is -2.28. The van der Waals surface area contributed by atoms with Crippen LogP contribution in [0.1, 0.15) is 31.9 Å². The number of nitrogens with zero attached hydrogens (tertiary/aromatic N) is 1. The third-order valence-corrected chi connectivity index (χ3v) is 3.10. The number of likely N-dealkylation sites (tertiary alicyclic amines) is 1. The van der Waals surface area contributed by atoms with E-state index in [9.17, 15) is 4.79 Å². The van der Waals surface area contributed by atoms with Crippen molar-refractivity contribution in [3.8, 4) is 0 Å². The van der Waals surface area contributed by atoms with Crippen LogP contribution in [-0.4, -0.2) is 17.4 Å². The van der Waals surface area contributed by atoms with Gasteiger partial charge >= 0.3 is 0 Å². The molecule has 1 fully saturated rings. The van der Waals surface area contributed by atoms with Crippen LogP contribution in [0.4, 0.5) is 0 Å². The molecule has 2 heteroatoms. The molecule has 0 spiro atoms. The molecule has 1 saturated heterocycles. The molecule has 1 heterocycles. The third-order valence-electron chi connectivity index (χ3n) is 3.10. The summed E-state index contributed by atoms with van der Waals surface area (Å²) in [5.74, 6) is 0.794. The zero-order chi connectivity index (χ0) is 10.8. The van der Waals surface area contributed by atoms with Crippen LogP contribution in [-0.2, 0) is 4.79 Å². The first kappa shape index (κ1) is 10.2. The molecule has 15 heavy (non-hydrogen) atoms. The fraction of sp³-hybridized carbons (Fsp3) is 0.462. The van der Waals surface area contributed by atoms with Gasteiger partial charge in [0.1, 0.15) is 0 Å². The zero-order valence-electron chi connectivity index (χ0n) is 9.31. The fourth-order valence-electron chi connectivity index (χ4n) is 2.20. The van der Waals surface area contributed by atoms with E-state index in [4.69, 9.17) is 0 Å². The van der Waals surface area contributed by atoms with Gasteiger partial charge < -0.3 is 4.90 Å². The molecule has 2 nitrogen and oxygen atoms in total. The van der Waals surface area contributed by atoms with Gasteiger partial charge in [0, 0.05) is 13.0 Å². The van der Waals surface area contributed by atoms with Gasteiger partial charge in [0.15, 0.2) is 0 Å². The first-order valence-corrected chi connectivity index (χ1v) is 5.53. The van der Waals surface area contributed by atoms with Crippen LogP contribution < -0.4 is 0 Å². The number of hydrogen-bond donors (Lipinski definition) is 0. The minimum atomic E-state index is 0.212. The maximum atomic E-state index is 11.7. The molecule has 0 aromatic heterocycles. The largest absolute Gasteiger partial charge is 0.336 e. The van der Waals surface area contributed by atoms with Crippen molar-refractivity contribution in [2.45, 2.75) is 26.3 Å². The Labute approximate surface area is 90.9 Å². The van der Waals surface area contributed by atoms with Crippen LogP contribution in [0.25, 0.3) is 0 Å². The predicted octanol–water partition coefficient (Wildman–Crippen LogP) is 2.62. The lowest BCUT2D eigenvalue weighted by molar-refractivity contribution is -0.129. The summed E-state index contributed by atoms with van der Waals surface area (Å²) in [6.45, 7) is 5.13. The normalized spacial score (nSPS) is 23.2. The van der Waals surface area contributed by atoms with Gasteiger partial charge in [-0.05, 0) is 18.4 Å². The van der Waals surface area contributed by atoms with Crippen molar-refractivity contribution in [1.29, 1.82) is 0 Å². The van der Waals surface area contributed by atoms with Gasteiger partial charge in [-0.1, -0.05) is 37.3 Å². The van der Waals surface area contributed by atoms with Crippen LogP contribution in [0.5, 0.6) is 0 Å². The van der Waals surface area contributed by atoms with E-state index >= 15 is 0 Å². The first-order valence-electron chi connectivity index (χ1n) is 5.53. The van der Waals surface area contributed by atoms with E-state index in [1.54, 1.807) is 0 Å². The van der Waals surface area contributed by atoms with E-state index in [-0.39, 0.29) is 6.04 Å². The molecule has 0 unspecified atom stereocenters. The Kier molecular flexibility index (Phi) is 2.76. The lowest BCUT2D eigenvalue weighted by Gasteiger charge is -2.24. The molecular weight excluding hydrogens is 186 g/mol. The average Bonchev–Trinajstić information content (AvgIpc) is 2.58. The summed E-state index contributed by atoms with van der Waals surface area (Å²) in [6, 6.07) is 10.4. The van der Waals surface area contributed by atoms with Gasteiger partial charge in [0.05, 0.1) is 6.04 Å². The molecule has 0 bridgehead atoms. The number of carbonyl (C=O) groups is 1. The smallest absolute Gasteiger partial charge is 0.223 e. The van der Waals surface area contributed by atoms with E-state index in [0.717, 1.165) is 6.54 Å². The highest BCUT2D eigenvalue weighted by Gasteiger charge is 2.30. The van der Waals surface area contributed by atoms with Crippen LogP contribution in [0.3, 0.4) is 0 Å². The Bertz CT molecular complexity index is 347. The molecule has 1 aliphatic heterocycles. The molecule has 0 aliphatic carbocycles. The van der Waals surface area contributed by atoms with Crippen molar-refractivity contribution in [3.05, 3.63) is 35.9 Å². The molecule has 0 N–H and O–H groups in total. The van der Waals surface area contributed by atoms with Gasteiger partial charge in [-0.3, -0.25) is 4.79 Å². The summed E-state index contributed by atoms with van der Waals surface area (Å²) in [5, 5.41) is 0.